The minimum absolute atomic E-state index is 0.0633. The zero-order chi connectivity index (χ0) is 26.5. The van der Waals surface area contributed by atoms with Gasteiger partial charge in [-0.25, -0.2) is 9.59 Å². The maximum absolute atomic E-state index is 12.7. The molecule has 0 saturated heterocycles. The number of aliphatic carboxylic acids is 1. The Labute approximate surface area is 199 Å². The average molecular weight is 487 g/mol. The molecule has 0 bridgehead atoms. The molecule has 0 aromatic rings. The number of nitrogens with two attached hydrogens (primary N) is 1. The first-order valence-electron chi connectivity index (χ1n) is 11.2. The number of Topliss-reactive ketones (excluding diaryl/α,β-unsaturated/α-hetero) is 1. The second-order valence-corrected chi connectivity index (χ2v) is 9.29. The van der Waals surface area contributed by atoms with Crippen molar-refractivity contribution in [1.82, 2.24) is 16.0 Å². The summed E-state index contributed by atoms with van der Waals surface area (Å²) >= 11 is 0. The quantitative estimate of drug-likeness (QED) is 0.163. The molecule has 2 atom stereocenters. The predicted octanol–water partition coefficient (Wildman–Crippen LogP) is 0.474. The standard InChI is InChI=1S/C22H38N4O8/c1-13(2)15(19(30)26-16(20(31)32)7-6-10-24-21(23)33)11-14(27)12-25-17(28)8-9-18(29)34-22(3,4)5/h13,15-16H,6-12H2,1-5H3,(H,25,28)(H,26,30)(H,31,32)(H3,23,24,33)/t15-,16-/m0/s1. The first-order valence-corrected chi connectivity index (χ1v) is 11.2. The Morgan fingerprint density at radius 2 is 1.62 bits per heavy atom. The van der Waals surface area contributed by atoms with Gasteiger partial charge in [0.25, 0.3) is 0 Å². The lowest BCUT2D eigenvalue weighted by molar-refractivity contribution is -0.155. The minimum atomic E-state index is -1.24. The van der Waals surface area contributed by atoms with Gasteiger partial charge in [0.15, 0.2) is 5.78 Å². The highest BCUT2D eigenvalue weighted by atomic mass is 16.6. The molecule has 0 saturated carbocycles. The lowest BCUT2D eigenvalue weighted by Gasteiger charge is -2.22. The molecule has 12 nitrogen and oxygen atoms in total. The van der Waals surface area contributed by atoms with Gasteiger partial charge in [0.2, 0.25) is 11.8 Å². The number of ether oxygens (including phenoxy) is 1. The number of hydrogen-bond acceptors (Lipinski definition) is 7. The van der Waals surface area contributed by atoms with Gasteiger partial charge >= 0.3 is 18.0 Å². The molecule has 0 radical (unpaired) electrons. The summed E-state index contributed by atoms with van der Waals surface area (Å²) in [6, 6.07) is -1.92. The van der Waals surface area contributed by atoms with Crippen molar-refractivity contribution in [1.29, 1.82) is 0 Å². The smallest absolute Gasteiger partial charge is 0.326 e. The summed E-state index contributed by atoms with van der Waals surface area (Å²) in [6.45, 7) is 8.44. The van der Waals surface area contributed by atoms with E-state index < -0.39 is 53.1 Å². The molecule has 6 N–H and O–H groups in total. The molecule has 12 heteroatoms. The zero-order valence-corrected chi connectivity index (χ0v) is 20.6. The summed E-state index contributed by atoms with van der Waals surface area (Å²) in [5.41, 5.74) is 4.29. The number of primary amides is 1. The van der Waals surface area contributed by atoms with Gasteiger partial charge < -0.3 is 31.5 Å². The number of esters is 1. The second-order valence-electron chi connectivity index (χ2n) is 9.29. The number of carbonyl (C=O) groups is 6. The first-order chi connectivity index (χ1) is 15.6. The van der Waals surface area contributed by atoms with Crippen LogP contribution in [0.3, 0.4) is 0 Å². The summed E-state index contributed by atoms with van der Waals surface area (Å²) in [5.74, 6) is -4.32. The van der Waals surface area contributed by atoms with Crippen LogP contribution in [0.4, 0.5) is 4.79 Å². The van der Waals surface area contributed by atoms with Crippen LogP contribution in [0.2, 0.25) is 0 Å². The van der Waals surface area contributed by atoms with E-state index in [1.165, 1.54) is 0 Å². The number of urea groups is 1. The van der Waals surface area contributed by atoms with Gasteiger partial charge in [0, 0.05) is 25.3 Å². The van der Waals surface area contributed by atoms with Crippen LogP contribution in [-0.4, -0.2) is 65.4 Å². The Morgan fingerprint density at radius 3 is 2.12 bits per heavy atom. The normalized spacial score (nSPS) is 12.9. The van der Waals surface area contributed by atoms with Crippen molar-refractivity contribution >= 4 is 35.6 Å². The van der Waals surface area contributed by atoms with Gasteiger partial charge in [-0.2, -0.15) is 0 Å². The molecule has 0 aliphatic heterocycles. The Balaban J connectivity index is 4.67. The van der Waals surface area contributed by atoms with Crippen LogP contribution in [0, 0.1) is 11.8 Å². The van der Waals surface area contributed by atoms with Gasteiger partial charge in [0.1, 0.15) is 11.6 Å². The number of hydrogen-bond donors (Lipinski definition) is 5. The fraction of sp³-hybridized carbons (Fsp3) is 0.727. The van der Waals surface area contributed by atoms with E-state index in [1.807, 2.05) is 0 Å². The second kappa shape index (κ2) is 14.9. The van der Waals surface area contributed by atoms with E-state index in [4.69, 9.17) is 10.5 Å². The zero-order valence-electron chi connectivity index (χ0n) is 20.6. The Hall–Kier alpha value is -3.18. The monoisotopic (exact) mass is 486 g/mol. The van der Waals surface area contributed by atoms with Crippen molar-refractivity contribution in [2.45, 2.75) is 78.4 Å². The summed E-state index contributed by atoms with van der Waals surface area (Å²) in [7, 11) is 0. The van der Waals surface area contributed by atoms with Crippen LogP contribution in [0.5, 0.6) is 0 Å². The van der Waals surface area contributed by atoms with E-state index in [-0.39, 0.29) is 51.1 Å². The van der Waals surface area contributed by atoms with Crippen molar-refractivity contribution in [3.05, 3.63) is 0 Å². The highest BCUT2D eigenvalue weighted by Gasteiger charge is 2.29. The van der Waals surface area contributed by atoms with E-state index >= 15 is 0 Å². The molecule has 0 rings (SSSR count). The van der Waals surface area contributed by atoms with Crippen LogP contribution >= 0.6 is 0 Å². The summed E-state index contributed by atoms with van der Waals surface area (Å²) in [4.78, 5) is 70.7. The predicted molar refractivity (Wildman–Crippen MR) is 122 cm³/mol. The molecular weight excluding hydrogens is 448 g/mol. The SMILES string of the molecule is CC(C)[C@H](CC(=O)CNC(=O)CCC(=O)OC(C)(C)C)C(=O)N[C@@H](CCCNC(N)=O)C(=O)O. The molecule has 0 spiro atoms. The van der Waals surface area contributed by atoms with E-state index in [0.717, 1.165) is 0 Å². The van der Waals surface area contributed by atoms with E-state index in [1.54, 1.807) is 34.6 Å². The number of rotatable bonds is 15. The molecule has 0 aliphatic rings. The highest BCUT2D eigenvalue weighted by Crippen LogP contribution is 2.17. The van der Waals surface area contributed by atoms with Crippen molar-refractivity contribution in [2.75, 3.05) is 13.1 Å². The lowest BCUT2D eigenvalue weighted by atomic mass is 9.89. The van der Waals surface area contributed by atoms with Gasteiger partial charge in [0.05, 0.1) is 13.0 Å². The molecule has 0 aromatic carbocycles. The largest absolute Gasteiger partial charge is 0.480 e. The fourth-order valence-corrected chi connectivity index (χ4v) is 2.90. The Bertz CT molecular complexity index is 746. The Kier molecular flexibility index (Phi) is 13.5. The number of ketones is 1. The first kappa shape index (κ1) is 30.8. The third kappa shape index (κ3) is 14.8. The number of carbonyl (C=O) groups excluding carboxylic acids is 5. The third-order valence-electron chi connectivity index (χ3n) is 4.63. The van der Waals surface area contributed by atoms with Crippen LogP contribution in [-0.2, 0) is 28.7 Å². The van der Waals surface area contributed by atoms with Gasteiger partial charge in [-0.15, -0.1) is 0 Å². The number of carboxylic acid groups (broad SMARTS) is 1. The molecular formula is C22H38N4O8. The van der Waals surface area contributed by atoms with Crippen LogP contribution in [0.15, 0.2) is 0 Å². The summed E-state index contributed by atoms with van der Waals surface area (Å²) in [5, 5.41) is 16.5. The average Bonchev–Trinajstić information content (AvgIpc) is 2.69. The van der Waals surface area contributed by atoms with Crippen LogP contribution in [0.1, 0.15) is 66.7 Å². The summed E-state index contributed by atoms with van der Waals surface area (Å²) < 4.78 is 5.11. The molecule has 0 fully saturated rings. The molecule has 4 amide bonds. The maximum Gasteiger partial charge on any atom is 0.326 e. The molecule has 194 valence electrons. The molecule has 0 unspecified atom stereocenters. The molecule has 0 heterocycles. The van der Waals surface area contributed by atoms with Crippen molar-refractivity contribution in [3.8, 4) is 0 Å². The van der Waals surface area contributed by atoms with Gasteiger partial charge in [-0.3, -0.25) is 19.2 Å². The topological polar surface area (TPSA) is 194 Å². The number of carboxylic acids is 1. The minimum Gasteiger partial charge on any atom is -0.480 e. The van der Waals surface area contributed by atoms with E-state index in [2.05, 4.69) is 16.0 Å². The van der Waals surface area contributed by atoms with Gasteiger partial charge in [-0.05, 0) is 39.5 Å². The number of nitrogens with one attached hydrogen (secondary N) is 3. The third-order valence-corrected chi connectivity index (χ3v) is 4.63. The van der Waals surface area contributed by atoms with Crippen molar-refractivity contribution < 1.29 is 38.6 Å². The molecule has 0 aromatic heterocycles. The van der Waals surface area contributed by atoms with Crippen molar-refractivity contribution in [3.63, 3.8) is 0 Å². The van der Waals surface area contributed by atoms with Crippen LogP contribution < -0.4 is 21.7 Å². The molecule has 0 aliphatic carbocycles. The van der Waals surface area contributed by atoms with Crippen molar-refractivity contribution in [2.24, 2.45) is 17.6 Å². The number of amides is 4. The summed E-state index contributed by atoms with van der Waals surface area (Å²) in [6.07, 6.45) is -0.110. The lowest BCUT2D eigenvalue weighted by Crippen LogP contribution is -2.46. The Morgan fingerprint density at radius 1 is 1.00 bits per heavy atom. The van der Waals surface area contributed by atoms with E-state index in [0.29, 0.717) is 0 Å². The maximum atomic E-state index is 12.7. The fourth-order valence-electron chi connectivity index (χ4n) is 2.90. The molecule has 34 heavy (non-hydrogen) atoms. The highest BCUT2D eigenvalue weighted by molar-refractivity contribution is 5.92. The van der Waals surface area contributed by atoms with Gasteiger partial charge in [-0.1, -0.05) is 13.8 Å². The van der Waals surface area contributed by atoms with Crippen LogP contribution in [0.25, 0.3) is 0 Å². The van der Waals surface area contributed by atoms with E-state index in [9.17, 15) is 33.9 Å².